The van der Waals surface area contributed by atoms with Crippen LogP contribution in [0.5, 0.6) is 0 Å². The van der Waals surface area contributed by atoms with Gasteiger partial charge >= 0.3 is 17.9 Å². The number of esters is 3. The molecule has 1 unspecified atom stereocenters. The summed E-state index contributed by atoms with van der Waals surface area (Å²) in [5.41, 5.74) is 0. The molecule has 0 fully saturated rings. The van der Waals surface area contributed by atoms with Crippen LogP contribution in [0.3, 0.4) is 0 Å². The van der Waals surface area contributed by atoms with E-state index in [0.29, 0.717) is 19.3 Å². The van der Waals surface area contributed by atoms with Gasteiger partial charge in [-0.05, 0) is 103 Å². The number of allylic oxidation sites excluding steroid dienone is 12. The molecule has 0 radical (unpaired) electrons. The van der Waals surface area contributed by atoms with Crippen molar-refractivity contribution in [2.24, 2.45) is 0 Å². The van der Waals surface area contributed by atoms with E-state index in [1.54, 1.807) is 0 Å². The summed E-state index contributed by atoms with van der Waals surface area (Å²) >= 11 is 0. The predicted octanol–water partition coefficient (Wildman–Crippen LogP) is 19.4. The Morgan fingerprint density at radius 2 is 0.588 bits per heavy atom. The van der Waals surface area contributed by atoms with Crippen LogP contribution in [-0.2, 0) is 28.6 Å². The molecule has 0 heterocycles. The summed E-state index contributed by atoms with van der Waals surface area (Å²) in [6.07, 6.45) is 71.8. The number of hydrogen-bond acceptors (Lipinski definition) is 6. The third-order valence-corrected chi connectivity index (χ3v) is 12.4. The van der Waals surface area contributed by atoms with Gasteiger partial charge in [0.25, 0.3) is 0 Å². The highest BCUT2D eigenvalue weighted by atomic mass is 16.6. The van der Waals surface area contributed by atoms with Crippen molar-refractivity contribution in [1.82, 2.24) is 0 Å². The van der Waals surface area contributed by atoms with E-state index in [0.717, 1.165) is 77.0 Å². The second kappa shape index (κ2) is 56.4. The lowest BCUT2D eigenvalue weighted by atomic mass is 10.1. The fourth-order valence-corrected chi connectivity index (χ4v) is 8.03. The average Bonchev–Trinajstić information content (AvgIpc) is 3.34. The molecule has 0 spiro atoms. The zero-order valence-electron chi connectivity index (χ0n) is 44.9. The van der Waals surface area contributed by atoms with Gasteiger partial charge in [-0.3, -0.25) is 14.4 Å². The van der Waals surface area contributed by atoms with Crippen LogP contribution in [0.2, 0.25) is 0 Å². The van der Waals surface area contributed by atoms with Gasteiger partial charge in [0.05, 0.1) is 0 Å². The standard InChI is InChI=1S/C62H108O6/c1-4-7-10-13-16-19-22-25-28-30-32-34-37-40-43-46-49-52-55-61(64)67-58-59(57-66-60(63)54-51-48-45-42-39-36-33-27-24-21-18-15-12-9-6-3)68-62(65)56-53-50-47-44-41-38-35-31-29-26-23-20-17-14-11-8-5-2/h21,24,26,28-30,32,34-35,38,44,47,59H,4-20,22-23,25,27,31,33,36-37,39-43,45-46,48-58H2,1-3H3/b24-21-,29-26-,30-28-,34-32-,38-35-,47-44-. The van der Waals surface area contributed by atoms with Crippen LogP contribution in [0.4, 0.5) is 0 Å². The van der Waals surface area contributed by atoms with E-state index < -0.39 is 6.10 Å². The van der Waals surface area contributed by atoms with Crippen molar-refractivity contribution >= 4 is 17.9 Å². The Labute approximate surface area is 421 Å². The molecule has 0 aromatic heterocycles. The Balaban J connectivity index is 4.48. The summed E-state index contributed by atoms with van der Waals surface area (Å²) in [6.45, 7) is 6.57. The molecule has 0 N–H and O–H groups in total. The molecular weight excluding hydrogens is 841 g/mol. The topological polar surface area (TPSA) is 78.9 Å². The van der Waals surface area contributed by atoms with E-state index in [2.05, 4.69) is 93.7 Å². The predicted molar refractivity (Wildman–Crippen MR) is 293 cm³/mol. The summed E-state index contributed by atoms with van der Waals surface area (Å²) < 4.78 is 16.8. The number of ether oxygens (including phenoxy) is 3. The minimum atomic E-state index is -0.810. The summed E-state index contributed by atoms with van der Waals surface area (Å²) in [7, 11) is 0. The van der Waals surface area contributed by atoms with Crippen LogP contribution in [0.1, 0.15) is 284 Å². The van der Waals surface area contributed by atoms with E-state index in [1.807, 2.05) is 0 Å². The van der Waals surface area contributed by atoms with Crippen LogP contribution >= 0.6 is 0 Å². The number of hydrogen-bond donors (Lipinski definition) is 0. The third-order valence-electron chi connectivity index (χ3n) is 12.4. The lowest BCUT2D eigenvalue weighted by Crippen LogP contribution is -2.30. The van der Waals surface area contributed by atoms with Gasteiger partial charge in [-0.25, -0.2) is 0 Å². The second-order valence-electron chi connectivity index (χ2n) is 19.2. The van der Waals surface area contributed by atoms with Gasteiger partial charge in [0.15, 0.2) is 6.10 Å². The smallest absolute Gasteiger partial charge is 0.306 e. The van der Waals surface area contributed by atoms with E-state index in [1.165, 1.54) is 161 Å². The van der Waals surface area contributed by atoms with Crippen LogP contribution in [0.25, 0.3) is 0 Å². The highest BCUT2D eigenvalue weighted by molar-refractivity contribution is 5.71. The molecule has 6 heteroatoms. The van der Waals surface area contributed by atoms with Crippen molar-refractivity contribution in [3.05, 3.63) is 72.9 Å². The summed E-state index contributed by atoms with van der Waals surface area (Å²) in [5, 5.41) is 0. The van der Waals surface area contributed by atoms with E-state index in [4.69, 9.17) is 14.2 Å². The van der Waals surface area contributed by atoms with Crippen LogP contribution in [0, 0.1) is 0 Å². The van der Waals surface area contributed by atoms with Crippen molar-refractivity contribution in [3.63, 3.8) is 0 Å². The number of unbranched alkanes of at least 4 members (excludes halogenated alkanes) is 30. The molecule has 0 saturated heterocycles. The highest BCUT2D eigenvalue weighted by Gasteiger charge is 2.19. The van der Waals surface area contributed by atoms with Crippen molar-refractivity contribution in [3.8, 4) is 0 Å². The van der Waals surface area contributed by atoms with Gasteiger partial charge < -0.3 is 14.2 Å². The quantitative estimate of drug-likeness (QED) is 0.0199. The van der Waals surface area contributed by atoms with Gasteiger partial charge in [-0.2, -0.15) is 0 Å². The molecule has 6 nitrogen and oxygen atoms in total. The van der Waals surface area contributed by atoms with Crippen LogP contribution in [0.15, 0.2) is 72.9 Å². The Hall–Kier alpha value is -3.15. The fraction of sp³-hybridized carbons (Fsp3) is 0.758. The van der Waals surface area contributed by atoms with Crippen molar-refractivity contribution in [2.45, 2.75) is 290 Å². The van der Waals surface area contributed by atoms with Crippen LogP contribution < -0.4 is 0 Å². The van der Waals surface area contributed by atoms with Gasteiger partial charge in [0.1, 0.15) is 13.2 Å². The minimum absolute atomic E-state index is 0.102. The first-order valence-corrected chi connectivity index (χ1v) is 29.0. The second-order valence-corrected chi connectivity index (χ2v) is 19.2. The maximum atomic E-state index is 12.8. The zero-order chi connectivity index (χ0) is 49.3. The van der Waals surface area contributed by atoms with Crippen molar-refractivity contribution < 1.29 is 28.6 Å². The van der Waals surface area contributed by atoms with Gasteiger partial charge in [-0.15, -0.1) is 0 Å². The third kappa shape index (κ3) is 53.8. The molecule has 0 amide bonds. The molecule has 0 aromatic carbocycles. The lowest BCUT2D eigenvalue weighted by Gasteiger charge is -2.18. The van der Waals surface area contributed by atoms with E-state index >= 15 is 0 Å². The Bertz CT molecular complexity index is 1270. The van der Waals surface area contributed by atoms with E-state index in [9.17, 15) is 14.4 Å². The largest absolute Gasteiger partial charge is 0.462 e. The first-order chi connectivity index (χ1) is 33.5. The first kappa shape index (κ1) is 64.8. The molecule has 0 saturated carbocycles. The average molecular weight is 950 g/mol. The molecule has 0 bridgehead atoms. The molecule has 0 aromatic rings. The molecule has 68 heavy (non-hydrogen) atoms. The van der Waals surface area contributed by atoms with Gasteiger partial charge in [0.2, 0.25) is 0 Å². The number of rotatable bonds is 52. The maximum Gasteiger partial charge on any atom is 0.306 e. The number of carbonyl (C=O) groups excluding carboxylic acids is 3. The maximum absolute atomic E-state index is 12.8. The van der Waals surface area contributed by atoms with Crippen LogP contribution in [-0.4, -0.2) is 37.2 Å². The zero-order valence-corrected chi connectivity index (χ0v) is 44.9. The molecular formula is C62H108O6. The molecule has 1 atom stereocenters. The minimum Gasteiger partial charge on any atom is -0.462 e. The van der Waals surface area contributed by atoms with Gasteiger partial charge in [0, 0.05) is 19.3 Å². The molecule has 392 valence electrons. The summed E-state index contributed by atoms with van der Waals surface area (Å²) in [6, 6.07) is 0. The van der Waals surface area contributed by atoms with Crippen molar-refractivity contribution in [2.75, 3.05) is 13.2 Å². The Kier molecular flexibility index (Phi) is 53.8. The SMILES string of the molecule is CCCCCC/C=C\CCCCCCCCCC(=O)OCC(COC(=O)CCCCCCC/C=C\C=C/CCCCCCCCC)OC(=O)CCC/C=C\C/C=C\C/C=C\CCCCCCCC. The molecule has 0 aliphatic rings. The van der Waals surface area contributed by atoms with E-state index in [-0.39, 0.29) is 37.5 Å². The Morgan fingerprint density at radius 3 is 0.985 bits per heavy atom. The van der Waals surface area contributed by atoms with Crippen molar-refractivity contribution in [1.29, 1.82) is 0 Å². The number of carbonyl (C=O) groups is 3. The summed E-state index contributed by atoms with van der Waals surface area (Å²) in [5.74, 6) is -0.967. The Morgan fingerprint density at radius 1 is 0.309 bits per heavy atom. The lowest BCUT2D eigenvalue weighted by molar-refractivity contribution is -0.167. The molecule has 0 rings (SSSR count). The fourth-order valence-electron chi connectivity index (χ4n) is 8.03. The molecule has 0 aliphatic carbocycles. The highest BCUT2D eigenvalue weighted by Crippen LogP contribution is 2.14. The molecule has 0 aliphatic heterocycles. The first-order valence-electron chi connectivity index (χ1n) is 29.0. The summed E-state index contributed by atoms with van der Waals surface area (Å²) in [4.78, 5) is 38.1. The monoisotopic (exact) mass is 949 g/mol. The normalized spacial score (nSPS) is 12.6. The van der Waals surface area contributed by atoms with Gasteiger partial charge in [-0.1, -0.05) is 235 Å².